The summed E-state index contributed by atoms with van der Waals surface area (Å²) < 4.78 is 5.76. The number of hydrogen-bond acceptors (Lipinski definition) is 2. The van der Waals surface area contributed by atoms with E-state index in [0.29, 0.717) is 6.61 Å². The molecule has 0 aliphatic heterocycles. The van der Waals surface area contributed by atoms with Gasteiger partial charge in [-0.2, -0.15) is 0 Å². The molecule has 0 amide bonds. The Bertz CT molecular complexity index is 517. The Kier molecular flexibility index (Phi) is 4.58. The second-order valence-corrected chi connectivity index (χ2v) is 4.71. The van der Waals surface area contributed by atoms with E-state index in [2.05, 4.69) is 19.1 Å². The molecule has 0 aromatic heterocycles. The number of rotatable bonds is 5. The molecule has 100 valence electrons. The molecule has 1 unspecified atom stereocenters. The lowest BCUT2D eigenvalue weighted by molar-refractivity contribution is 0.173. The molecule has 2 rings (SSSR count). The molecule has 2 heteroatoms. The quantitative estimate of drug-likeness (QED) is 0.875. The zero-order chi connectivity index (χ0) is 13.7. The Labute approximate surface area is 114 Å². The smallest absolute Gasteiger partial charge is 0.119 e. The summed E-state index contributed by atoms with van der Waals surface area (Å²) in [6, 6.07) is 15.9. The second kappa shape index (κ2) is 6.39. The van der Waals surface area contributed by atoms with E-state index in [0.717, 1.165) is 17.7 Å². The summed E-state index contributed by atoms with van der Waals surface area (Å²) in [5.74, 6) is 0.829. The Morgan fingerprint density at radius 1 is 1.05 bits per heavy atom. The van der Waals surface area contributed by atoms with E-state index < -0.39 is 0 Å². The largest absolute Gasteiger partial charge is 0.489 e. The van der Waals surface area contributed by atoms with Crippen molar-refractivity contribution in [2.75, 3.05) is 0 Å². The third kappa shape index (κ3) is 3.58. The van der Waals surface area contributed by atoms with Gasteiger partial charge in [0.15, 0.2) is 0 Å². The van der Waals surface area contributed by atoms with Crippen molar-refractivity contribution in [2.24, 2.45) is 0 Å². The summed E-state index contributed by atoms with van der Waals surface area (Å²) >= 11 is 0. The third-order valence-electron chi connectivity index (χ3n) is 3.31. The van der Waals surface area contributed by atoms with Gasteiger partial charge in [0, 0.05) is 0 Å². The van der Waals surface area contributed by atoms with E-state index in [1.165, 1.54) is 11.1 Å². The molecule has 1 N–H and O–H groups in total. The van der Waals surface area contributed by atoms with E-state index in [1.807, 2.05) is 43.3 Å². The highest BCUT2D eigenvalue weighted by Gasteiger charge is 2.04. The van der Waals surface area contributed by atoms with Gasteiger partial charge in [0.05, 0.1) is 6.10 Å². The summed E-state index contributed by atoms with van der Waals surface area (Å²) in [4.78, 5) is 0. The number of hydrogen-bond donors (Lipinski definition) is 1. The summed E-state index contributed by atoms with van der Waals surface area (Å²) in [6.45, 7) is 4.62. The van der Waals surface area contributed by atoms with E-state index in [1.54, 1.807) is 0 Å². The van der Waals surface area contributed by atoms with Gasteiger partial charge < -0.3 is 9.84 Å². The van der Waals surface area contributed by atoms with Crippen LogP contribution in [0.1, 0.15) is 36.1 Å². The fourth-order valence-corrected chi connectivity index (χ4v) is 1.96. The molecule has 0 saturated heterocycles. The molecule has 0 saturated carbocycles. The number of ether oxygens (including phenoxy) is 1. The highest BCUT2D eigenvalue weighted by Crippen LogP contribution is 2.20. The van der Waals surface area contributed by atoms with Crippen LogP contribution in [0.15, 0.2) is 48.5 Å². The Morgan fingerprint density at radius 2 is 1.74 bits per heavy atom. The van der Waals surface area contributed by atoms with E-state index in [4.69, 9.17) is 4.74 Å². The van der Waals surface area contributed by atoms with Crippen LogP contribution in [-0.2, 0) is 6.61 Å². The first-order valence-corrected chi connectivity index (χ1v) is 6.66. The maximum absolute atomic E-state index is 9.72. The van der Waals surface area contributed by atoms with E-state index in [9.17, 15) is 5.11 Å². The molecule has 0 radical (unpaired) electrons. The molecule has 0 heterocycles. The molecular formula is C17H20O2. The maximum Gasteiger partial charge on any atom is 0.119 e. The van der Waals surface area contributed by atoms with E-state index >= 15 is 0 Å². The monoisotopic (exact) mass is 256 g/mol. The van der Waals surface area contributed by atoms with Crippen LogP contribution in [0.3, 0.4) is 0 Å². The number of aliphatic hydroxyl groups excluding tert-OH is 1. The molecule has 1 atom stereocenters. The highest BCUT2D eigenvalue weighted by atomic mass is 16.5. The summed E-state index contributed by atoms with van der Waals surface area (Å²) in [5, 5.41) is 9.72. The first-order chi connectivity index (χ1) is 9.20. The summed E-state index contributed by atoms with van der Waals surface area (Å²) in [7, 11) is 0. The van der Waals surface area contributed by atoms with Gasteiger partial charge in [0.2, 0.25) is 0 Å². The normalized spacial score (nSPS) is 12.2. The van der Waals surface area contributed by atoms with Crippen molar-refractivity contribution < 1.29 is 9.84 Å². The molecule has 19 heavy (non-hydrogen) atoms. The maximum atomic E-state index is 9.72. The average molecular weight is 256 g/mol. The van der Waals surface area contributed by atoms with Gasteiger partial charge in [0.1, 0.15) is 12.4 Å². The standard InChI is InChI=1S/C17H20O2/c1-3-17(18)14-8-10-16(11-9-14)19-12-15-7-5-4-6-13(15)2/h4-11,17-18H,3,12H2,1-2H3. The van der Waals surface area contributed by atoms with Crippen LogP contribution in [0.5, 0.6) is 5.75 Å². The average Bonchev–Trinajstić information content (AvgIpc) is 2.46. The third-order valence-corrected chi connectivity index (χ3v) is 3.31. The summed E-state index contributed by atoms with van der Waals surface area (Å²) in [6.07, 6.45) is 0.342. The fourth-order valence-electron chi connectivity index (χ4n) is 1.96. The SMILES string of the molecule is CCC(O)c1ccc(OCc2ccccc2C)cc1. The van der Waals surface area contributed by atoms with Gasteiger partial charge in [-0.1, -0.05) is 43.3 Å². The topological polar surface area (TPSA) is 29.5 Å². The first kappa shape index (κ1) is 13.6. The number of aryl methyl sites for hydroxylation is 1. The molecule has 2 nitrogen and oxygen atoms in total. The van der Waals surface area contributed by atoms with Crippen LogP contribution < -0.4 is 4.74 Å². The van der Waals surface area contributed by atoms with Crippen molar-refractivity contribution in [3.63, 3.8) is 0 Å². The molecular weight excluding hydrogens is 236 g/mol. The predicted octanol–water partition coefficient (Wildman–Crippen LogP) is 4.02. The van der Waals surface area contributed by atoms with Crippen LogP contribution in [0, 0.1) is 6.92 Å². The van der Waals surface area contributed by atoms with Gasteiger partial charge in [-0.3, -0.25) is 0 Å². The van der Waals surface area contributed by atoms with Crippen LogP contribution in [-0.4, -0.2) is 5.11 Å². The first-order valence-electron chi connectivity index (χ1n) is 6.66. The van der Waals surface area contributed by atoms with E-state index in [-0.39, 0.29) is 6.10 Å². The van der Waals surface area contributed by atoms with Crippen LogP contribution in [0.4, 0.5) is 0 Å². The molecule has 0 fully saturated rings. The van der Waals surface area contributed by atoms with Crippen molar-refractivity contribution in [3.05, 3.63) is 65.2 Å². The Morgan fingerprint density at radius 3 is 2.37 bits per heavy atom. The van der Waals surface area contributed by atoms with Gasteiger partial charge in [-0.05, 0) is 42.2 Å². The highest BCUT2D eigenvalue weighted by molar-refractivity contribution is 5.30. The zero-order valence-corrected chi connectivity index (χ0v) is 11.5. The lowest BCUT2D eigenvalue weighted by atomic mass is 10.1. The van der Waals surface area contributed by atoms with Crippen LogP contribution in [0.2, 0.25) is 0 Å². The molecule has 0 spiro atoms. The van der Waals surface area contributed by atoms with Gasteiger partial charge >= 0.3 is 0 Å². The van der Waals surface area contributed by atoms with Crippen molar-refractivity contribution in [1.29, 1.82) is 0 Å². The lowest BCUT2D eigenvalue weighted by Gasteiger charge is -2.11. The minimum Gasteiger partial charge on any atom is -0.489 e. The van der Waals surface area contributed by atoms with Gasteiger partial charge in [0.25, 0.3) is 0 Å². The number of aliphatic hydroxyl groups is 1. The van der Waals surface area contributed by atoms with Gasteiger partial charge in [-0.25, -0.2) is 0 Å². The predicted molar refractivity (Wildman–Crippen MR) is 77.2 cm³/mol. The van der Waals surface area contributed by atoms with Crippen molar-refractivity contribution in [1.82, 2.24) is 0 Å². The van der Waals surface area contributed by atoms with Crippen molar-refractivity contribution >= 4 is 0 Å². The molecule has 2 aromatic rings. The molecule has 0 bridgehead atoms. The van der Waals surface area contributed by atoms with Crippen molar-refractivity contribution in [3.8, 4) is 5.75 Å². The molecule has 0 aliphatic carbocycles. The molecule has 0 aliphatic rings. The minimum absolute atomic E-state index is 0.384. The minimum atomic E-state index is -0.384. The van der Waals surface area contributed by atoms with Crippen LogP contribution >= 0.6 is 0 Å². The summed E-state index contributed by atoms with van der Waals surface area (Å²) in [5.41, 5.74) is 3.37. The van der Waals surface area contributed by atoms with Crippen LogP contribution in [0.25, 0.3) is 0 Å². The molecule has 2 aromatic carbocycles. The Balaban J connectivity index is 1.99. The lowest BCUT2D eigenvalue weighted by Crippen LogP contribution is -1.98. The van der Waals surface area contributed by atoms with Crippen molar-refractivity contribution in [2.45, 2.75) is 33.0 Å². The number of benzene rings is 2. The van der Waals surface area contributed by atoms with Gasteiger partial charge in [-0.15, -0.1) is 0 Å². The fraction of sp³-hybridized carbons (Fsp3) is 0.294. The zero-order valence-electron chi connectivity index (χ0n) is 11.5. The second-order valence-electron chi connectivity index (χ2n) is 4.71. The Hall–Kier alpha value is -1.80.